The van der Waals surface area contributed by atoms with E-state index >= 15 is 0 Å². The number of nitrogen functional groups attached to an aromatic ring is 1. The van der Waals surface area contributed by atoms with E-state index in [2.05, 4.69) is 13.8 Å². The summed E-state index contributed by atoms with van der Waals surface area (Å²) in [7, 11) is -4.15. The highest BCUT2D eigenvalue weighted by Gasteiger charge is 2.11. The van der Waals surface area contributed by atoms with Gasteiger partial charge in [-0.15, -0.1) is 0 Å². The summed E-state index contributed by atoms with van der Waals surface area (Å²) in [6.07, 6.45) is 0.789. The van der Waals surface area contributed by atoms with Crippen molar-refractivity contribution >= 4 is 15.8 Å². The average Bonchev–Trinajstić information content (AvgIpc) is 2.05. The molecule has 0 saturated carbocycles. The van der Waals surface area contributed by atoms with Crippen LogP contribution < -0.4 is 5.73 Å². The molecule has 0 aromatic heterocycles. The molecule has 4 nitrogen and oxygen atoms in total. The first-order valence-corrected chi connectivity index (χ1v) is 6.10. The normalized spacial score (nSPS) is 12.0. The topological polar surface area (TPSA) is 80.4 Å². The van der Waals surface area contributed by atoms with E-state index in [0.717, 1.165) is 12.0 Å². The van der Waals surface area contributed by atoms with Gasteiger partial charge in [-0.05, 0) is 30.0 Å². The van der Waals surface area contributed by atoms with Crippen LogP contribution in [0.3, 0.4) is 0 Å². The number of hydrogen-bond donors (Lipinski definition) is 2. The fourth-order valence-corrected chi connectivity index (χ4v) is 1.88. The minimum absolute atomic E-state index is 0.160. The molecular formula is C10H15NO3S. The minimum Gasteiger partial charge on any atom is -0.398 e. The Morgan fingerprint density at radius 2 is 2.00 bits per heavy atom. The van der Waals surface area contributed by atoms with E-state index in [-0.39, 0.29) is 4.90 Å². The van der Waals surface area contributed by atoms with Crippen molar-refractivity contribution in [1.82, 2.24) is 0 Å². The van der Waals surface area contributed by atoms with Gasteiger partial charge in [0, 0.05) is 5.69 Å². The summed E-state index contributed by atoms with van der Waals surface area (Å²) in [6, 6.07) is 4.29. The zero-order valence-corrected chi connectivity index (χ0v) is 9.58. The second kappa shape index (κ2) is 4.20. The molecule has 5 heteroatoms. The Kier molecular flexibility index (Phi) is 3.36. The van der Waals surface area contributed by atoms with Crippen LogP contribution in [-0.4, -0.2) is 13.0 Å². The number of nitrogens with two attached hydrogens (primary N) is 1. The number of benzene rings is 1. The lowest BCUT2D eigenvalue weighted by Gasteiger charge is -2.09. The van der Waals surface area contributed by atoms with Crippen molar-refractivity contribution in [1.29, 1.82) is 0 Å². The molecule has 0 aliphatic heterocycles. The molecule has 0 aliphatic rings. The lowest BCUT2D eigenvalue weighted by Crippen LogP contribution is -2.03. The maximum absolute atomic E-state index is 10.8. The first-order chi connectivity index (χ1) is 6.80. The van der Waals surface area contributed by atoms with Gasteiger partial charge < -0.3 is 5.73 Å². The Bertz CT molecular complexity index is 452. The number of hydrogen-bond acceptors (Lipinski definition) is 3. The second-order valence-electron chi connectivity index (χ2n) is 3.93. The third-order valence-corrected chi connectivity index (χ3v) is 2.89. The van der Waals surface area contributed by atoms with E-state index in [1.54, 1.807) is 6.07 Å². The number of rotatable bonds is 3. The van der Waals surface area contributed by atoms with Crippen molar-refractivity contribution in [3.8, 4) is 0 Å². The van der Waals surface area contributed by atoms with Crippen LogP contribution in [0, 0.1) is 5.92 Å². The quantitative estimate of drug-likeness (QED) is 0.610. The summed E-state index contributed by atoms with van der Waals surface area (Å²) in [5.74, 6) is 0.448. The Morgan fingerprint density at radius 3 is 2.40 bits per heavy atom. The van der Waals surface area contributed by atoms with Gasteiger partial charge in [0.25, 0.3) is 10.1 Å². The SMILES string of the molecule is CC(C)Cc1ccc(S(=O)(=O)O)cc1N. The fourth-order valence-electron chi connectivity index (χ4n) is 1.36. The molecule has 1 aromatic rings. The maximum Gasteiger partial charge on any atom is 0.294 e. The third kappa shape index (κ3) is 3.21. The van der Waals surface area contributed by atoms with Gasteiger partial charge in [-0.3, -0.25) is 4.55 Å². The minimum atomic E-state index is -4.15. The zero-order chi connectivity index (χ0) is 11.6. The average molecular weight is 229 g/mol. The predicted molar refractivity (Wildman–Crippen MR) is 59.2 cm³/mol. The van der Waals surface area contributed by atoms with E-state index in [0.29, 0.717) is 11.6 Å². The molecule has 0 amide bonds. The van der Waals surface area contributed by atoms with Crippen LogP contribution in [0.25, 0.3) is 0 Å². The van der Waals surface area contributed by atoms with Gasteiger partial charge in [-0.25, -0.2) is 0 Å². The Balaban J connectivity index is 3.09. The van der Waals surface area contributed by atoms with Crippen LogP contribution in [0.2, 0.25) is 0 Å². The van der Waals surface area contributed by atoms with Gasteiger partial charge in [0.15, 0.2) is 0 Å². The van der Waals surface area contributed by atoms with E-state index in [4.69, 9.17) is 10.3 Å². The summed E-state index contributed by atoms with van der Waals surface area (Å²) in [5.41, 5.74) is 6.99. The molecular weight excluding hydrogens is 214 g/mol. The van der Waals surface area contributed by atoms with E-state index < -0.39 is 10.1 Å². The summed E-state index contributed by atoms with van der Waals surface area (Å²) in [4.78, 5) is -0.160. The summed E-state index contributed by atoms with van der Waals surface area (Å²) in [5, 5.41) is 0. The van der Waals surface area contributed by atoms with E-state index in [1.165, 1.54) is 12.1 Å². The smallest absolute Gasteiger partial charge is 0.294 e. The van der Waals surface area contributed by atoms with Crippen LogP contribution in [0.15, 0.2) is 23.1 Å². The molecule has 3 N–H and O–H groups in total. The first-order valence-electron chi connectivity index (χ1n) is 4.66. The van der Waals surface area contributed by atoms with Crippen LogP contribution in [-0.2, 0) is 16.5 Å². The van der Waals surface area contributed by atoms with Crippen LogP contribution in [0.4, 0.5) is 5.69 Å². The van der Waals surface area contributed by atoms with Crippen molar-refractivity contribution in [2.45, 2.75) is 25.2 Å². The summed E-state index contributed by atoms with van der Waals surface area (Å²) in [6.45, 7) is 4.10. The lowest BCUT2D eigenvalue weighted by molar-refractivity contribution is 0.483. The Morgan fingerprint density at radius 1 is 1.40 bits per heavy atom. The second-order valence-corrected chi connectivity index (χ2v) is 5.36. The van der Waals surface area contributed by atoms with Gasteiger partial charge in [-0.2, -0.15) is 8.42 Å². The highest BCUT2D eigenvalue weighted by molar-refractivity contribution is 7.85. The Hall–Kier alpha value is -1.07. The standard InChI is InChI=1S/C10H15NO3S/c1-7(2)5-8-3-4-9(6-10(8)11)15(12,13)14/h3-4,6-7H,5,11H2,1-2H3,(H,12,13,14). The predicted octanol–water partition coefficient (Wildman–Crippen LogP) is 1.71. The maximum atomic E-state index is 10.8. The molecule has 1 aromatic carbocycles. The van der Waals surface area contributed by atoms with E-state index in [9.17, 15) is 8.42 Å². The third-order valence-electron chi connectivity index (χ3n) is 2.04. The van der Waals surface area contributed by atoms with Crippen LogP contribution in [0.1, 0.15) is 19.4 Å². The highest BCUT2D eigenvalue weighted by atomic mass is 32.2. The molecule has 0 saturated heterocycles. The van der Waals surface area contributed by atoms with Crippen molar-refractivity contribution < 1.29 is 13.0 Å². The van der Waals surface area contributed by atoms with Crippen LogP contribution in [0.5, 0.6) is 0 Å². The van der Waals surface area contributed by atoms with Crippen molar-refractivity contribution in [3.05, 3.63) is 23.8 Å². The molecule has 0 fully saturated rings. The molecule has 0 unspecified atom stereocenters. The summed E-state index contributed by atoms with van der Waals surface area (Å²) >= 11 is 0. The van der Waals surface area contributed by atoms with Crippen molar-refractivity contribution in [2.75, 3.05) is 5.73 Å². The van der Waals surface area contributed by atoms with Crippen LogP contribution >= 0.6 is 0 Å². The molecule has 0 radical (unpaired) electrons. The summed E-state index contributed by atoms with van der Waals surface area (Å²) < 4.78 is 30.4. The van der Waals surface area contributed by atoms with Crippen molar-refractivity contribution in [2.24, 2.45) is 5.92 Å². The highest BCUT2D eigenvalue weighted by Crippen LogP contribution is 2.20. The molecule has 84 valence electrons. The number of anilines is 1. The van der Waals surface area contributed by atoms with E-state index in [1.807, 2.05) is 0 Å². The first kappa shape index (κ1) is 12.0. The zero-order valence-electron chi connectivity index (χ0n) is 8.77. The fraction of sp³-hybridized carbons (Fsp3) is 0.400. The lowest BCUT2D eigenvalue weighted by atomic mass is 10.0. The molecule has 0 heterocycles. The molecule has 0 atom stereocenters. The van der Waals surface area contributed by atoms with Gasteiger partial charge in [0.05, 0.1) is 4.90 Å². The van der Waals surface area contributed by atoms with Gasteiger partial charge in [-0.1, -0.05) is 19.9 Å². The molecule has 0 bridgehead atoms. The molecule has 0 aliphatic carbocycles. The van der Waals surface area contributed by atoms with Gasteiger partial charge in [0.2, 0.25) is 0 Å². The van der Waals surface area contributed by atoms with Gasteiger partial charge in [0.1, 0.15) is 0 Å². The largest absolute Gasteiger partial charge is 0.398 e. The van der Waals surface area contributed by atoms with Gasteiger partial charge >= 0.3 is 0 Å². The molecule has 0 spiro atoms. The van der Waals surface area contributed by atoms with Crippen molar-refractivity contribution in [3.63, 3.8) is 0 Å². The molecule has 15 heavy (non-hydrogen) atoms. The Labute approximate surface area is 89.9 Å². The monoisotopic (exact) mass is 229 g/mol. The molecule has 1 rings (SSSR count).